The van der Waals surface area contributed by atoms with Gasteiger partial charge < -0.3 is 24.1 Å². The summed E-state index contributed by atoms with van der Waals surface area (Å²) in [5, 5.41) is 11.7. The first-order valence-electron chi connectivity index (χ1n) is 17.5. The third kappa shape index (κ3) is 7.13. The molecule has 3 aromatic carbocycles. The van der Waals surface area contributed by atoms with Gasteiger partial charge in [-0.25, -0.2) is 22.6 Å². The number of imide groups is 1. The Bertz CT molecular complexity index is 2800. The fraction of sp³-hybridized carbons (Fsp3) is 0.308. The van der Waals surface area contributed by atoms with Gasteiger partial charge in [0, 0.05) is 67.4 Å². The number of carbonyl (C=O) groups is 4. The molecule has 18 heteroatoms. The lowest BCUT2D eigenvalue weighted by molar-refractivity contribution is -0.172. The van der Waals surface area contributed by atoms with Crippen LogP contribution in [0.2, 0.25) is 0 Å². The molecule has 0 aliphatic carbocycles. The third-order valence-electron chi connectivity index (χ3n) is 10.8. The van der Waals surface area contributed by atoms with Crippen LogP contribution in [0.15, 0.2) is 54.6 Å². The number of aromatic carboxylic acids is 1. The molecule has 0 saturated carbocycles. The van der Waals surface area contributed by atoms with Gasteiger partial charge in [0.2, 0.25) is 5.36 Å². The molecule has 0 aromatic heterocycles. The van der Waals surface area contributed by atoms with Crippen LogP contribution in [0, 0.1) is 0 Å². The number of anilines is 1. The molecule has 0 unspecified atom stereocenters. The van der Waals surface area contributed by atoms with E-state index in [0.29, 0.717) is 27.2 Å². The van der Waals surface area contributed by atoms with E-state index in [1.807, 2.05) is 37.2 Å². The first kappa shape index (κ1) is 39.5. The first-order chi connectivity index (χ1) is 26.3. The zero-order valence-electron chi connectivity index (χ0n) is 31.6. The number of hydroxylamine groups is 2. The Kier molecular flexibility index (Phi) is 9.15. The smallest absolute Gasteiger partial charge is 0.363 e. The molecule has 1 fully saturated rings. The van der Waals surface area contributed by atoms with Crippen LogP contribution in [0.25, 0.3) is 16.7 Å². The molecule has 57 heavy (non-hydrogen) atoms. The summed E-state index contributed by atoms with van der Waals surface area (Å²) in [6, 6.07) is 10.1. The highest BCUT2D eigenvalue weighted by Crippen LogP contribution is 2.47. The molecule has 0 bridgehead atoms. The quantitative estimate of drug-likeness (QED) is 0.148. The van der Waals surface area contributed by atoms with E-state index in [9.17, 15) is 50.2 Å². The van der Waals surface area contributed by atoms with E-state index in [2.05, 4.69) is 0 Å². The number of fused-ring (bicyclic) bond motifs is 4. The van der Waals surface area contributed by atoms with E-state index in [-0.39, 0.29) is 63.0 Å². The highest BCUT2D eigenvalue weighted by atomic mass is 32.2. The number of amides is 2. The van der Waals surface area contributed by atoms with E-state index in [1.54, 1.807) is 50.5 Å². The van der Waals surface area contributed by atoms with E-state index in [1.165, 1.54) is 12.1 Å². The lowest BCUT2D eigenvalue weighted by Gasteiger charge is -2.41. The minimum absolute atomic E-state index is 0.0364. The number of hydrogen-bond donors (Lipinski definition) is 2. The van der Waals surface area contributed by atoms with Gasteiger partial charge in [0.05, 0.1) is 44.2 Å². The number of carbonyl (C=O) groups excluding carboxylic acids is 3. The van der Waals surface area contributed by atoms with E-state index >= 15 is 0 Å². The zero-order chi connectivity index (χ0) is 41.7. The van der Waals surface area contributed by atoms with Crippen molar-refractivity contribution in [3.8, 4) is 11.5 Å². The summed E-state index contributed by atoms with van der Waals surface area (Å²) < 4.78 is 79.5. The van der Waals surface area contributed by atoms with Crippen molar-refractivity contribution in [3.63, 3.8) is 0 Å². The normalized spacial score (nSPS) is 18.2. The summed E-state index contributed by atoms with van der Waals surface area (Å²) in [6.45, 7) is 7.38. The van der Waals surface area contributed by atoms with E-state index in [4.69, 9.17) is 9.57 Å². The summed E-state index contributed by atoms with van der Waals surface area (Å²) in [7, 11) is -5.75. The average Bonchev–Trinajstić information content (AvgIpc) is 3.41. The fourth-order valence-electron chi connectivity index (χ4n) is 7.63. The van der Waals surface area contributed by atoms with Crippen LogP contribution < -0.4 is 24.8 Å². The molecule has 1 saturated heterocycles. The molecule has 2 amide bonds. The maximum atomic E-state index is 13.2. The lowest BCUT2D eigenvalue weighted by Crippen LogP contribution is -2.47. The molecule has 298 valence electrons. The van der Waals surface area contributed by atoms with Crippen molar-refractivity contribution < 1.29 is 59.8 Å². The number of benzene rings is 3. The van der Waals surface area contributed by atoms with Crippen LogP contribution in [-0.4, -0.2) is 96.5 Å². The molecular formula is C39H37N3O13S2. The largest absolute Gasteiger partial charge is 0.748 e. The lowest BCUT2D eigenvalue weighted by atomic mass is 9.83. The molecule has 4 aliphatic heterocycles. The predicted octanol–water partition coefficient (Wildman–Crippen LogP) is 2.30. The Hall–Kier alpha value is -5.69. The van der Waals surface area contributed by atoms with Crippen LogP contribution in [0.1, 0.15) is 83.5 Å². The maximum absolute atomic E-state index is 13.2. The molecule has 4 aliphatic rings. The Balaban J connectivity index is 1.55. The third-order valence-corrected chi connectivity index (χ3v) is 12.1. The molecule has 0 atom stereocenters. The molecular weight excluding hydrogens is 783 g/mol. The highest BCUT2D eigenvalue weighted by Gasteiger charge is 2.38. The van der Waals surface area contributed by atoms with Gasteiger partial charge in [0.1, 0.15) is 24.3 Å². The van der Waals surface area contributed by atoms with Crippen molar-refractivity contribution in [1.82, 2.24) is 9.64 Å². The maximum Gasteiger partial charge on any atom is 0.363 e. The van der Waals surface area contributed by atoms with E-state index < -0.39 is 72.1 Å². The van der Waals surface area contributed by atoms with Crippen molar-refractivity contribution in [3.05, 3.63) is 98.6 Å². The number of hydrogen-bond acceptors (Lipinski definition) is 12. The van der Waals surface area contributed by atoms with Crippen molar-refractivity contribution in [2.75, 3.05) is 30.5 Å². The van der Waals surface area contributed by atoms with Gasteiger partial charge in [0.15, 0.2) is 5.54 Å². The van der Waals surface area contributed by atoms with Crippen LogP contribution in [-0.2, 0) is 34.7 Å². The SMILES string of the molecule is CN1c2cc3c(cc2C(CS(=O)(=O)O)=CC1(C)C)C(c1ccc(C(=O)ON2C(=O)CCC2=O)cc1C(=O)O)=c1cc2c(cc1O3)=[N+](C)C(C)(C)C=C2CS(=O)(=O)[O-]. The van der Waals surface area contributed by atoms with Gasteiger partial charge in [-0.3, -0.25) is 14.1 Å². The molecule has 16 nitrogen and oxygen atoms in total. The monoisotopic (exact) mass is 819 g/mol. The Morgan fingerprint density at radius 3 is 2.14 bits per heavy atom. The minimum Gasteiger partial charge on any atom is -0.748 e. The molecule has 0 spiro atoms. The number of ether oxygens (including phenoxy) is 1. The summed E-state index contributed by atoms with van der Waals surface area (Å²) in [6.07, 6.45) is 3.04. The van der Waals surface area contributed by atoms with Crippen molar-refractivity contribution in [2.24, 2.45) is 0 Å². The van der Waals surface area contributed by atoms with Crippen molar-refractivity contribution in [2.45, 2.75) is 51.6 Å². The van der Waals surface area contributed by atoms with Crippen molar-refractivity contribution in [1.29, 1.82) is 0 Å². The Morgan fingerprint density at radius 2 is 1.53 bits per heavy atom. The second kappa shape index (κ2) is 13.2. The second-order valence-electron chi connectivity index (χ2n) is 15.4. The van der Waals surface area contributed by atoms with Gasteiger partial charge in [-0.1, -0.05) is 12.1 Å². The van der Waals surface area contributed by atoms with Crippen LogP contribution >= 0.6 is 0 Å². The summed E-state index contributed by atoms with van der Waals surface area (Å²) >= 11 is 0. The molecule has 7 rings (SSSR count). The van der Waals surface area contributed by atoms with Crippen LogP contribution in [0.5, 0.6) is 11.5 Å². The van der Waals surface area contributed by atoms with Gasteiger partial charge in [-0.15, -0.1) is 5.06 Å². The molecule has 3 aromatic rings. The number of carboxylic acids is 1. The Labute approximate surface area is 327 Å². The van der Waals surface area contributed by atoms with Crippen molar-refractivity contribution >= 4 is 66.4 Å². The average molecular weight is 820 g/mol. The minimum atomic E-state index is -4.78. The number of rotatable bonds is 8. The topological polar surface area (TPSA) is 228 Å². The predicted molar refractivity (Wildman–Crippen MR) is 204 cm³/mol. The zero-order valence-corrected chi connectivity index (χ0v) is 33.2. The van der Waals surface area contributed by atoms with Gasteiger partial charge >= 0.3 is 11.9 Å². The van der Waals surface area contributed by atoms with E-state index in [0.717, 1.165) is 6.07 Å². The number of nitrogens with zero attached hydrogens (tertiary/aromatic N) is 3. The molecule has 4 heterocycles. The van der Waals surface area contributed by atoms with Gasteiger partial charge in [-0.2, -0.15) is 8.42 Å². The fourth-order valence-corrected chi connectivity index (χ4v) is 8.88. The first-order valence-corrected chi connectivity index (χ1v) is 20.7. The summed E-state index contributed by atoms with van der Waals surface area (Å²) in [4.78, 5) is 57.5. The van der Waals surface area contributed by atoms with Gasteiger partial charge in [0.25, 0.3) is 21.9 Å². The summed E-state index contributed by atoms with van der Waals surface area (Å²) in [5.41, 5.74) is 0.0378. The standard InChI is InChI=1S/C39H37N3O13S2/c1-38(2)16-21(18-56(48,49)50)24-12-27-31(14-29(24)40(38)5)54-32-15-30-25(22(19-57(51,52)53)17-39(3,4)41(30)6)13-28(32)35(27)23-8-7-20(11-26(23)36(45)46)37(47)55-42-33(43)9-10-34(42)44/h7-8,11-17H,9-10,18-19H2,1-6H3,(H2-,45,46,48,49,50,51,52,53). The molecule has 2 N–H and O–H groups in total. The van der Waals surface area contributed by atoms with Crippen LogP contribution in [0.4, 0.5) is 5.69 Å². The van der Waals surface area contributed by atoms with Gasteiger partial charge in [-0.05, 0) is 60.9 Å². The number of carboxylic acid groups (broad SMARTS) is 1. The Morgan fingerprint density at radius 1 is 0.877 bits per heavy atom. The molecule has 0 radical (unpaired) electrons. The second-order valence-corrected chi connectivity index (χ2v) is 18.3. The summed E-state index contributed by atoms with van der Waals surface area (Å²) in [5.74, 6) is -5.25. The number of likely N-dealkylation sites (N-methyl/N-ethyl adjacent to an activating group) is 2. The van der Waals surface area contributed by atoms with Crippen LogP contribution in [0.3, 0.4) is 0 Å². The highest BCUT2D eigenvalue weighted by molar-refractivity contribution is 7.86.